The molecule has 0 aliphatic heterocycles. The van der Waals surface area contributed by atoms with Crippen molar-refractivity contribution in [3.63, 3.8) is 0 Å². The monoisotopic (exact) mass is 202 g/mol. The number of pyridine rings is 1. The van der Waals surface area contributed by atoms with E-state index >= 15 is 0 Å². The van der Waals surface area contributed by atoms with Gasteiger partial charge in [0.1, 0.15) is 0 Å². The third kappa shape index (κ3) is 3.98. The van der Waals surface area contributed by atoms with Gasteiger partial charge in [0.25, 0.3) is 0 Å². The Kier molecular flexibility index (Phi) is 3.67. The van der Waals surface area contributed by atoms with E-state index in [2.05, 4.69) is 31.8 Å². The zero-order valence-electron chi connectivity index (χ0n) is 9.57. The fourth-order valence-electron chi connectivity index (χ4n) is 1.15. The number of nitrogens with two attached hydrogens (primary N) is 1. The van der Waals surface area contributed by atoms with Crippen LogP contribution in [0, 0.1) is 5.41 Å². The van der Waals surface area contributed by atoms with Crippen molar-refractivity contribution in [3.8, 4) is 0 Å². The van der Waals surface area contributed by atoms with Gasteiger partial charge in [0.15, 0.2) is 0 Å². The van der Waals surface area contributed by atoms with E-state index < -0.39 is 0 Å². The predicted octanol–water partition coefficient (Wildman–Crippen LogP) is 1.16. The van der Waals surface area contributed by atoms with E-state index in [1.807, 2.05) is 24.3 Å². The van der Waals surface area contributed by atoms with E-state index in [1.165, 1.54) is 6.20 Å². The van der Waals surface area contributed by atoms with Gasteiger partial charge in [0.05, 0.1) is 5.35 Å². The molecule has 0 radical (unpaired) electrons. The van der Waals surface area contributed by atoms with Gasteiger partial charge in [-0.05, 0) is 11.5 Å². The minimum atomic E-state index is 0.200. The molecule has 1 aromatic rings. The number of aromatic nitrogens is 1. The van der Waals surface area contributed by atoms with E-state index in [-0.39, 0.29) is 5.41 Å². The molecule has 0 fully saturated rings. The number of allylic oxidation sites excluding steroid dienone is 2. The van der Waals surface area contributed by atoms with Crippen LogP contribution >= 0.6 is 0 Å². The quantitative estimate of drug-likeness (QED) is 0.742. The smallest absolute Gasteiger partial charge is 0.0856 e. The lowest BCUT2D eigenvalue weighted by atomic mass is 9.96. The maximum atomic E-state index is 5.48. The van der Waals surface area contributed by atoms with E-state index in [1.54, 1.807) is 6.20 Å². The van der Waals surface area contributed by atoms with Gasteiger partial charge < -0.3 is 5.73 Å². The molecule has 1 aromatic heterocycles. The molecule has 2 nitrogen and oxygen atoms in total. The molecule has 2 N–H and O–H groups in total. The maximum Gasteiger partial charge on any atom is 0.0856 e. The summed E-state index contributed by atoms with van der Waals surface area (Å²) in [5.74, 6) is 0. The molecule has 0 aliphatic carbocycles. The van der Waals surface area contributed by atoms with Gasteiger partial charge in [-0.2, -0.15) is 0 Å². The first-order valence-electron chi connectivity index (χ1n) is 5.05. The molecule has 0 amide bonds. The van der Waals surface area contributed by atoms with Gasteiger partial charge in [-0.3, -0.25) is 4.98 Å². The van der Waals surface area contributed by atoms with E-state index in [0.29, 0.717) is 0 Å². The summed E-state index contributed by atoms with van der Waals surface area (Å²) in [6, 6.07) is 3.91. The zero-order chi connectivity index (χ0) is 11.3. The molecule has 0 aliphatic rings. The van der Waals surface area contributed by atoms with Crippen LogP contribution in [0.5, 0.6) is 0 Å². The second-order valence-corrected chi connectivity index (χ2v) is 4.54. The third-order valence-electron chi connectivity index (χ3n) is 1.90. The molecule has 80 valence electrons. The van der Waals surface area contributed by atoms with Crippen molar-refractivity contribution in [1.29, 1.82) is 0 Å². The van der Waals surface area contributed by atoms with E-state index in [4.69, 9.17) is 5.73 Å². The first kappa shape index (κ1) is 11.5. The van der Waals surface area contributed by atoms with Crippen LogP contribution in [0.2, 0.25) is 0 Å². The molecular weight excluding hydrogens is 184 g/mol. The van der Waals surface area contributed by atoms with E-state index in [0.717, 1.165) is 10.6 Å². The molecule has 1 heterocycles. The van der Waals surface area contributed by atoms with Crippen molar-refractivity contribution in [1.82, 2.24) is 4.98 Å². The molecule has 0 unspecified atom stereocenters. The summed E-state index contributed by atoms with van der Waals surface area (Å²) in [6.45, 7) is 6.49. The van der Waals surface area contributed by atoms with Crippen LogP contribution in [0.1, 0.15) is 20.8 Å². The molecular formula is C13H18N2. The highest BCUT2D eigenvalue weighted by Crippen LogP contribution is 2.13. The fourth-order valence-corrected chi connectivity index (χ4v) is 1.15. The molecule has 0 saturated carbocycles. The fraction of sp³-hybridized carbons (Fsp3) is 0.308. The first-order valence-corrected chi connectivity index (χ1v) is 5.05. The highest BCUT2D eigenvalue weighted by molar-refractivity contribution is 5.38. The van der Waals surface area contributed by atoms with Crippen molar-refractivity contribution in [2.75, 3.05) is 0 Å². The summed E-state index contributed by atoms with van der Waals surface area (Å²) in [5, 5.41) is 1.86. The molecule has 1 rings (SSSR count). The molecule has 0 bridgehead atoms. The number of nitrogens with zero attached hydrogens (tertiary/aromatic N) is 1. The molecule has 0 spiro atoms. The Balaban J connectivity index is 3.08. The summed E-state index contributed by atoms with van der Waals surface area (Å²) in [5.41, 5.74) is 5.68. The summed E-state index contributed by atoms with van der Waals surface area (Å²) >= 11 is 0. The maximum absolute atomic E-state index is 5.48. The van der Waals surface area contributed by atoms with Crippen LogP contribution in [-0.4, -0.2) is 4.98 Å². The lowest BCUT2D eigenvalue weighted by Crippen LogP contribution is -2.28. The number of hydrogen-bond acceptors (Lipinski definition) is 2. The summed E-state index contributed by atoms with van der Waals surface area (Å²) in [7, 11) is 0. The van der Waals surface area contributed by atoms with Gasteiger partial charge in [0, 0.05) is 17.6 Å². The van der Waals surface area contributed by atoms with Gasteiger partial charge in [-0.15, -0.1) is 0 Å². The number of rotatable bonds is 1. The van der Waals surface area contributed by atoms with Crippen molar-refractivity contribution in [2.45, 2.75) is 20.8 Å². The van der Waals surface area contributed by atoms with Gasteiger partial charge in [-0.1, -0.05) is 45.1 Å². The Labute approximate surface area is 90.8 Å². The van der Waals surface area contributed by atoms with E-state index in [9.17, 15) is 0 Å². The zero-order valence-corrected chi connectivity index (χ0v) is 9.57. The Morgan fingerprint density at radius 3 is 2.67 bits per heavy atom. The standard InChI is InChI=1S/C13H18N2/c1-13(2,3)8-4-6-11-7-5-9-15-12(11)10-14/h4-10H,14H2,1-3H3/b8-4+,11-6-,12-10+. The first-order chi connectivity index (χ1) is 7.03. The minimum absolute atomic E-state index is 0.200. The summed E-state index contributed by atoms with van der Waals surface area (Å²) in [6.07, 6.45) is 9.49. The van der Waals surface area contributed by atoms with Crippen LogP contribution in [-0.2, 0) is 0 Å². The van der Waals surface area contributed by atoms with Crippen molar-refractivity contribution in [2.24, 2.45) is 11.1 Å². The second kappa shape index (κ2) is 4.78. The third-order valence-corrected chi connectivity index (χ3v) is 1.90. The van der Waals surface area contributed by atoms with Gasteiger partial charge in [-0.25, -0.2) is 0 Å². The van der Waals surface area contributed by atoms with Gasteiger partial charge >= 0.3 is 0 Å². The number of hydrogen-bond donors (Lipinski definition) is 1. The SMILES string of the molecule is CC(C)(C)/C=C/C=c1/cccn/c1=C/N. The second-order valence-electron chi connectivity index (χ2n) is 4.54. The average molecular weight is 202 g/mol. The molecule has 0 saturated heterocycles. The van der Waals surface area contributed by atoms with Crippen LogP contribution in [0.25, 0.3) is 12.3 Å². The Morgan fingerprint density at radius 1 is 1.33 bits per heavy atom. The Morgan fingerprint density at radius 2 is 2.07 bits per heavy atom. The largest absolute Gasteiger partial charge is 0.403 e. The molecule has 0 atom stereocenters. The van der Waals surface area contributed by atoms with Crippen molar-refractivity contribution in [3.05, 3.63) is 41.0 Å². The normalized spacial score (nSPS) is 15.1. The molecule has 15 heavy (non-hydrogen) atoms. The predicted molar refractivity (Wildman–Crippen MR) is 65.2 cm³/mol. The summed E-state index contributed by atoms with van der Waals surface area (Å²) < 4.78 is 0. The molecule has 2 heteroatoms. The highest BCUT2D eigenvalue weighted by Gasteiger charge is 2.01. The molecule has 0 aromatic carbocycles. The van der Waals surface area contributed by atoms with Gasteiger partial charge in [0.2, 0.25) is 0 Å². The lowest BCUT2D eigenvalue weighted by molar-refractivity contribution is 0.544. The van der Waals surface area contributed by atoms with Crippen LogP contribution in [0.15, 0.2) is 30.5 Å². The minimum Gasteiger partial charge on any atom is -0.403 e. The van der Waals surface area contributed by atoms with Crippen molar-refractivity contribution >= 4 is 12.3 Å². The van der Waals surface area contributed by atoms with Crippen LogP contribution in [0.4, 0.5) is 0 Å². The van der Waals surface area contributed by atoms with Crippen molar-refractivity contribution < 1.29 is 0 Å². The highest BCUT2D eigenvalue weighted by atomic mass is 14.7. The van der Waals surface area contributed by atoms with Crippen LogP contribution < -0.4 is 16.3 Å². The summed E-state index contributed by atoms with van der Waals surface area (Å²) in [4.78, 5) is 4.17. The Hall–Kier alpha value is -1.57. The Bertz CT molecular complexity index is 450. The topological polar surface area (TPSA) is 38.9 Å². The average Bonchev–Trinajstić information content (AvgIpc) is 2.16. The van der Waals surface area contributed by atoms with Crippen LogP contribution in [0.3, 0.4) is 0 Å². The lowest BCUT2D eigenvalue weighted by Gasteiger charge is -2.09.